The van der Waals surface area contributed by atoms with Gasteiger partial charge in [-0.05, 0) is 37.1 Å². The number of hydrogen-bond donors (Lipinski definition) is 2. The number of nitrogens with one attached hydrogen (secondary N) is 2. The van der Waals surface area contributed by atoms with Gasteiger partial charge in [0.05, 0.1) is 30.1 Å². The number of aromatic amines is 1. The number of benzene rings is 1. The van der Waals surface area contributed by atoms with E-state index in [1.807, 2.05) is 36.4 Å². The van der Waals surface area contributed by atoms with Crippen molar-refractivity contribution in [3.8, 4) is 11.3 Å². The summed E-state index contributed by atoms with van der Waals surface area (Å²) >= 11 is 1.69. The summed E-state index contributed by atoms with van der Waals surface area (Å²) in [5, 5.41) is 20.1. The molecular formula is C20H20N8S. The standard InChI is InChI=1S/C20H20N8S/c1-21-7-13-3-4-20-23-14(10-27(20)9-13)11-28-12-19(25-26-28)16-5-15(29-2)6-18-17(16)8-22-24-18/h3-6,8-10,12,21H,7,11H2,1-2H3,(H,22,24). The number of thioether (sulfide) groups is 1. The maximum Gasteiger partial charge on any atom is 0.137 e. The number of imidazole rings is 1. The fraction of sp³-hybridized carbons (Fsp3) is 0.200. The van der Waals surface area contributed by atoms with E-state index in [1.165, 1.54) is 5.56 Å². The van der Waals surface area contributed by atoms with Crippen LogP contribution in [0.1, 0.15) is 11.3 Å². The van der Waals surface area contributed by atoms with Crippen LogP contribution in [0, 0.1) is 0 Å². The molecule has 0 saturated carbocycles. The van der Waals surface area contributed by atoms with Crippen molar-refractivity contribution >= 4 is 28.3 Å². The summed E-state index contributed by atoms with van der Waals surface area (Å²) in [6.45, 7) is 1.39. The molecule has 4 heterocycles. The lowest BCUT2D eigenvalue weighted by molar-refractivity contribution is 0.641. The smallest absolute Gasteiger partial charge is 0.137 e. The van der Waals surface area contributed by atoms with Crippen molar-refractivity contribution in [3.05, 3.63) is 60.3 Å². The Morgan fingerprint density at radius 2 is 2.10 bits per heavy atom. The largest absolute Gasteiger partial charge is 0.316 e. The Labute approximate surface area is 171 Å². The number of nitrogens with zero attached hydrogens (tertiary/aromatic N) is 6. The molecule has 0 aliphatic rings. The minimum atomic E-state index is 0.562. The van der Waals surface area contributed by atoms with Gasteiger partial charge in [-0.2, -0.15) is 5.10 Å². The molecule has 146 valence electrons. The number of aromatic nitrogens is 7. The topological polar surface area (TPSA) is 88.7 Å². The van der Waals surface area contributed by atoms with Crippen molar-refractivity contribution < 1.29 is 0 Å². The number of pyridine rings is 1. The SMILES string of the molecule is CNCc1ccc2nc(Cn3cc(-c4cc(SC)cc5[nH]ncc45)nn3)cn2c1. The Balaban J connectivity index is 1.45. The first-order chi connectivity index (χ1) is 14.2. The zero-order chi connectivity index (χ0) is 19.8. The van der Waals surface area contributed by atoms with Crippen LogP contribution in [0.4, 0.5) is 0 Å². The summed E-state index contributed by atoms with van der Waals surface area (Å²) in [6.07, 6.45) is 9.99. The van der Waals surface area contributed by atoms with E-state index in [4.69, 9.17) is 4.98 Å². The number of H-pyrrole nitrogens is 1. The monoisotopic (exact) mass is 404 g/mol. The summed E-state index contributed by atoms with van der Waals surface area (Å²) in [7, 11) is 1.94. The summed E-state index contributed by atoms with van der Waals surface area (Å²) in [4.78, 5) is 5.85. The van der Waals surface area contributed by atoms with Gasteiger partial charge in [-0.3, -0.25) is 5.10 Å². The highest BCUT2D eigenvalue weighted by Gasteiger charge is 2.12. The van der Waals surface area contributed by atoms with Gasteiger partial charge in [-0.1, -0.05) is 11.3 Å². The van der Waals surface area contributed by atoms with Crippen LogP contribution in [-0.2, 0) is 13.1 Å². The molecule has 0 bridgehead atoms. The Kier molecular flexibility index (Phi) is 4.53. The molecule has 2 N–H and O–H groups in total. The molecule has 9 heteroatoms. The van der Waals surface area contributed by atoms with Gasteiger partial charge in [0.15, 0.2) is 0 Å². The molecular weight excluding hydrogens is 384 g/mol. The van der Waals surface area contributed by atoms with Crippen molar-refractivity contribution in [1.29, 1.82) is 0 Å². The first-order valence-electron chi connectivity index (χ1n) is 9.26. The minimum Gasteiger partial charge on any atom is -0.316 e. The zero-order valence-corrected chi connectivity index (χ0v) is 16.9. The number of hydrogen-bond acceptors (Lipinski definition) is 6. The third kappa shape index (κ3) is 3.39. The lowest BCUT2D eigenvalue weighted by Crippen LogP contribution is -2.05. The fourth-order valence-electron chi connectivity index (χ4n) is 3.49. The van der Waals surface area contributed by atoms with Crippen molar-refractivity contribution in [2.24, 2.45) is 0 Å². The second-order valence-electron chi connectivity index (χ2n) is 6.87. The Hall–Kier alpha value is -3.17. The van der Waals surface area contributed by atoms with Gasteiger partial charge in [-0.25, -0.2) is 9.67 Å². The predicted octanol–water partition coefficient (Wildman–Crippen LogP) is 2.96. The minimum absolute atomic E-state index is 0.562. The van der Waals surface area contributed by atoms with E-state index >= 15 is 0 Å². The van der Waals surface area contributed by atoms with Gasteiger partial charge < -0.3 is 9.72 Å². The first-order valence-corrected chi connectivity index (χ1v) is 10.5. The third-order valence-corrected chi connectivity index (χ3v) is 5.56. The fourth-order valence-corrected chi connectivity index (χ4v) is 3.97. The molecule has 0 saturated heterocycles. The molecule has 0 unspecified atom stereocenters. The molecule has 1 aromatic carbocycles. The van der Waals surface area contributed by atoms with E-state index in [0.29, 0.717) is 6.54 Å². The van der Waals surface area contributed by atoms with Crippen molar-refractivity contribution in [2.45, 2.75) is 18.0 Å². The van der Waals surface area contributed by atoms with E-state index in [9.17, 15) is 0 Å². The molecule has 0 radical (unpaired) electrons. The zero-order valence-electron chi connectivity index (χ0n) is 16.1. The van der Waals surface area contributed by atoms with E-state index in [0.717, 1.165) is 44.9 Å². The first kappa shape index (κ1) is 17.9. The van der Waals surface area contributed by atoms with Crippen molar-refractivity contribution in [3.63, 3.8) is 0 Å². The average molecular weight is 405 g/mol. The van der Waals surface area contributed by atoms with Crippen molar-refractivity contribution in [2.75, 3.05) is 13.3 Å². The van der Waals surface area contributed by atoms with Crippen LogP contribution in [0.25, 0.3) is 27.8 Å². The molecule has 29 heavy (non-hydrogen) atoms. The third-order valence-electron chi connectivity index (χ3n) is 4.85. The predicted molar refractivity (Wildman–Crippen MR) is 114 cm³/mol. The van der Waals surface area contributed by atoms with Crippen LogP contribution < -0.4 is 5.32 Å². The van der Waals surface area contributed by atoms with Crippen LogP contribution in [0.15, 0.2) is 53.9 Å². The molecule has 0 amide bonds. The molecule has 5 rings (SSSR count). The highest BCUT2D eigenvalue weighted by Crippen LogP contribution is 2.31. The van der Waals surface area contributed by atoms with E-state index in [1.54, 1.807) is 11.8 Å². The van der Waals surface area contributed by atoms with Gasteiger partial charge in [0, 0.05) is 34.8 Å². The summed E-state index contributed by atoms with van der Waals surface area (Å²) in [6, 6.07) is 8.35. The molecule has 8 nitrogen and oxygen atoms in total. The quantitative estimate of drug-likeness (QED) is 0.423. The van der Waals surface area contributed by atoms with Crippen LogP contribution in [-0.4, -0.2) is 47.9 Å². The van der Waals surface area contributed by atoms with Crippen LogP contribution in [0.2, 0.25) is 0 Å². The van der Waals surface area contributed by atoms with Crippen molar-refractivity contribution in [1.82, 2.24) is 39.9 Å². The van der Waals surface area contributed by atoms with E-state index in [2.05, 4.69) is 60.9 Å². The maximum absolute atomic E-state index is 4.70. The van der Waals surface area contributed by atoms with Gasteiger partial charge in [-0.15, -0.1) is 16.9 Å². The number of fused-ring (bicyclic) bond motifs is 2. The molecule has 0 aliphatic carbocycles. The molecule has 5 aromatic rings. The Morgan fingerprint density at radius 1 is 1.17 bits per heavy atom. The lowest BCUT2D eigenvalue weighted by atomic mass is 10.1. The van der Waals surface area contributed by atoms with Gasteiger partial charge in [0.25, 0.3) is 0 Å². The van der Waals surface area contributed by atoms with Crippen LogP contribution >= 0.6 is 11.8 Å². The molecule has 4 aromatic heterocycles. The summed E-state index contributed by atoms with van der Waals surface area (Å²) < 4.78 is 3.88. The summed E-state index contributed by atoms with van der Waals surface area (Å²) in [5.74, 6) is 0. The molecule has 0 aliphatic heterocycles. The highest BCUT2D eigenvalue weighted by molar-refractivity contribution is 7.98. The molecule has 0 atom stereocenters. The van der Waals surface area contributed by atoms with E-state index < -0.39 is 0 Å². The second kappa shape index (κ2) is 7.34. The van der Waals surface area contributed by atoms with Gasteiger partial charge in [0.2, 0.25) is 0 Å². The van der Waals surface area contributed by atoms with Gasteiger partial charge >= 0.3 is 0 Å². The number of rotatable bonds is 6. The highest BCUT2D eigenvalue weighted by atomic mass is 32.2. The molecule has 0 fully saturated rings. The van der Waals surface area contributed by atoms with Gasteiger partial charge in [0.1, 0.15) is 11.3 Å². The Bertz CT molecular complexity index is 1300. The van der Waals surface area contributed by atoms with Crippen LogP contribution in [0.5, 0.6) is 0 Å². The van der Waals surface area contributed by atoms with Crippen LogP contribution in [0.3, 0.4) is 0 Å². The molecule has 0 spiro atoms. The Morgan fingerprint density at radius 3 is 2.97 bits per heavy atom. The second-order valence-corrected chi connectivity index (χ2v) is 7.75. The maximum atomic E-state index is 4.70. The normalized spacial score (nSPS) is 11.7. The summed E-state index contributed by atoms with van der Waals surface area (Å²) in [5.41, 5.74) is 5.93. The lowest BCUT2D eigenvalue weighted by Gasteiger charge is -2.02. The van der Waals surface area contributed by atoms with E-state index in [-0.39, 0.29) is 0 Å². The average Bonchev–Trinajstić information content (AvgIpc) is 3.46.